The van der Waals surface area contributed by atoms with E-state index in [0.717, 1.165) is 16.7 Å². The van der Waals surface area contributed by atoms with Gasteiger partial charge in [0.25, 0.3) is 0 Å². The molecular formula is C29H26ClN3O2. The van der Waals surface area contributed by atoms with Gasteiger partial charge in [-0.05, 0) is 41.8 Å². The Bertz CT molecular complexity index is 1250. The highest BCUT2D eigenvalue weighted by molar-refractivity contribution is 6.29. The third-order valence-electron chi connectivity index (χ3n) is 5.80. The van der Waals surface area contributed by atoms with Gasteiger partial charge < -0.3 is 5.32 Å². The van der Waals surface area contributed by atoms with Gasteiger partial charge in [-0.15, -0.1) is 11.6 Å². The molecule has 0 saturated heterocycles. The number of carbonyl (C=O) groups excluding carboxylic acids is 2. The van der Waals surface area contributed by atoms with Crippen LogP contribution in [0.5, 0.6) is 0 Å². The van der Waals surface area contributed by atoms with Crippen molar-refractivity contribution in [2.45, 2.75) is 19.0 Å². The maximum Gasteiger partial charge on any atom is 0.248 e. The molecule has 2 atom stereocenters. The van der Waals surface area contributed by atoms with E-state index in [0.29, 0.717) is 11.3 Å². The minimum atomic E-state index is -0.941. The first-order valence-corrected chi connectivity index (χ1v) is 11.9. The molecule has 0 bridgehead atoms. The molecule has 4 aromatic rings. The lowest BCUT2D eigenvalue weighted by Gasteiger charge is -2.32. The second kappa shape index (κ2) is 11.4. The number of aromatic nitrogens is 1. The smallest absolute Gasteiger partial charge is 0.248 e. The summed E-state index contributed by atoms with van der Waals surface area (Å²) in [5.41, 5.74) is 4.20. The Hall–Kier alpha value is -3.96. The number of alkyl halides is 1. The van der Waals surface area contributed by atoms with Gasteiger partial charge in [0.05, 0.1) is 6.04 Å². The van der Waals surface area contributed by atoms with Crippen LogP contribution in [0.1, 0.15) is 30.1 Å². The van der Waals surface area contributed by atoms with Gasteiger partial charge in [-0.3, -0.25) is 19.5 Å². The molecule has 0 aliphatic rings. The largest absolute Gasteiger partial charge is 0.347 e. The lowest BCUT2D eigenvalue weighted by molar-refractivity contribution is -0.126. The van der Waals surface area contributed by atoms with Crippen LogP contribution in [0.4, 0.5) is 5.69 Å². The Morgan fingerprint density at radius 3 is 2.03 bits per heavy atom. The number of carbonyl (C=O) groups is 2. The fourth-order valence-corrected chi connectivity index (χ4v) is 4.15. The molecule has 0 saturated carbocycles. The van der Waals surface area contributed by atoms with Crippen LogP contribution in [0.3, 0.4) is 0 Å². The molecule has 0 aliphatic heterocycles. The zero-order valence-corrected chi connectivity index (χ0v) is 20.1. The first-order valence-electron chi connectivity index (χ1n) is 11.4. The lowest BCUT2D eigenvalue weighted by atomic mass is 10.0. The Morgan fingerprint density at radius 2 is 1.43 bits per heavy atom. The molecule has 1 aromatic heterocycles. The van der Waals surface area contributed by atoms with Crippen LogP contribution in [-0.2, 0) is 9.59 Å². The topological polar surface area (TPSA) is 62.3 Å². The number of benzene rings is 3. The van der Waals surface area contributed by atoms with Gasteiger partial charge >= 0.3 is 0 Å². The third-order valence-corrected chi connectivity index (χ3v) is 6.03. The zero-order chi connectivity index (χ0) is 24.6. The SMILES string of the molecule is C[C@H](NC(=O)C(c1cccnc1)N(C(=O)CCl)c1ccc(-c2ccccc2)cc1)c1ccccc1. The molecule has 1 N–H and O–H groups in total. The average Bonchev–Trinajstić information content (AvgIpc) is 2.92. The summed E-state index contributed by atoms with van der Waals surface area (Å²) in [5, 5.41) is 3.06. The minimum Gasteiger partial charge on any atom is -0.347 e. The molecule has 2 amide bonds. The van der Waals surface area contributed by atoms with E-state index in [1.807, 2.05) is 91.9 Å². The summed E-state index contributed by atoms with van der Waals surface area (Å²) in [6.07, 6.45) is 3.23. The van der Waals surface area contributed by atoms with E-state index in [-0.39, 0.29) is 23.7 Å². The van der Waals surface area contributed by atoms with Crippen molar-refractivity contribution >= 4 is 29.1 Å². The Balaban J connectivity index is 1.71. The van der Waals surface area contributed by atoms with Crippen LogP contribution >= 0.6 is 11.6 Å². The summed E-state index contributed by atoms with van der Waals surface area (Å²) in [6, 6.07) is 29.5. The molecule has 1 unspecified atom stereocenters. The number of hydrogen-bond donors (Lipinski definition) is 1. The first kappa shape index (κ1) is 24.2. The summed E-state index contributed by atoms with van der Waals surface area (Å²) in [6.45, 7) is 1.91. The maximum atomic E-state index is 13.7. The molecule has 5 nitrogen and oxygen atoms in total. The molecule has 35 heavy (non-hydrogen) atoms. The van der Waals surface area contributed by atoms with Crippen LogP contribution in [-0.4, -0.2) is 22.7 Å². The highest BCUT2D eigenvalue weighted by atomic mass is 35.5. The molecule has 6 heteroatoms. The minimum absolute atomic E-state index is 0.253. The Morgan fingerprint density at radius 1 is 0.829 bits per heavy atom. The number of nitrogens with one attached hydrogen (secondary N) is 1. The van der Waals surface area contributed by atoms with E-state index in [1.54, 1.807) is 24.5 Å². The van der Waals surface area contributed by atoms with E-state index in [2.05, 4.69) is 10.3 Å². The number of anilines is 1. The predicted molar refractivity (Wildman–Crippen MR) is 140 cm³/mol. The number of rotatable bonds is 8. The maximum absolute atomic E-state index is 13.7. The lowest BCUT2D eigenvalue weighted by Crippen LogP contribution is -2.45. The predicted octanol–water partition coefficient (Wildman–Crippen LogP) is 5.94. The summed E-state index contributed by atoms with van der Waals surface area (Å²) < 4.78 is 0. The molecule has 4 rings (SSSR count). The second-order valence-corrected chi connectivity index (χ2v) is 8.41. The zero-order valence-electron chi connectivity index (χ0n) is 19.3. The summed E-state index contributed by atoms with van der Waals surface area (Å²) in [4.78, 5) is 32.5. The molecule has 176 valence electrons. The quantitative estimate of drug-likeness (QED) is 0.315. The van der Waals surface area contributed by atoms with E-state index < -0.39 is 6.04 Å². The first-order chi connectivity index (χ1) is 17.1. The van der Waals surface area contributed by atoms with E-state index in [9.17, 15) is 9.59 Å². The van der Waals surface area contributed by atoms with E-state index in [4.69, 9.17) is 11.6 Å². The van der Waals surface area contributed by atoms with Gasteiger partial charge in [0.1, 0.15) is 11.9 Å². The third kappa shape index (κ3) is 5.76. The van der Waals surface area contributed by atoms with Crippen molar-refractivity contribution in [3.05, 3.63) is 121 Å². The van der Waals surface area contributed by atoms with Crippen molar-refractivity contribution in [3.63, 3.8) is 0 Å². The summed E-state index contributed by atoms with van der Waals surface area (Å²) in [5.74, 6) is -0.964. The van der Waals surface area contributed by atoms with Crippen LogP contribution in [0, 0.1) is 0 Å². The molecule has 3 aromatic carbocycles. The molecule has 0 radical (unpaired) electrons. The number of amides is 2. The van der Waals surface area contributed by atoms with E-state index in [1.165, 1.54) is 4.90 Å². The van der Waals surface area contributed by atoms with Crippen LogP contribution in [0.15, 0.2) is 109 Å². The highest BCUT2D eigenvalue weighted by Gasteiger charge is 2.33. The van der Waals surface area contributed by atoms with Crippen molar-refractivity contribution in [1.82, 2.24) is 10.3 Å². The standard InChI is InChI=1S/C29H26ClN3O2/c1-21(22-9-4-2-5-10-22)32-29(35)28(25-13-8-18-31-20-25)33(27(34)19-30)26-16-14-24(15-17-26)23-11-6-3-7-12-23/h2-18,20-21,28H,19H2,1H3,(H,32,35)/t21-,28?/m0/s1. The number of hydrogen-bond acceptors (Lipinski definition) is 3. The van der Waals surface area contributed by atoms with Gasteiger partial charge in [0.15, 0.2) is 0 Å². The molecule has 0 aliphatic carbocycles. The second-order valence-electron chi connectivity index (χ2n) is 8.14. The number of nitrogens with zero attached hydrogens (tertiary/aromatic N) is 2. The van der Waals surface area contributed by atoms with Crippen molar-refractivity contribution in [1.29, 1.82) is 0 Å². The van der Waals surface area contributed by atoms with Gasteiger partial charge in [-0.1, -0.05) is 78.9 Å². The number of pyridine rings is 1. The summed E-state index contributed by atoms with van der Waals surface area (Å²) in [7, 11) is 0. The van der Waals surface area contributed by atoms with Gasteiger partial charge in [0.2, 0.25) is 11.8 Å². The average molecular weight is 484 g/mol. The van der Waals surface area contributed by atoms with E-state index >= 15 is 0 Å². The molecular weight excluding hydrogens is 458 g/mol. The Kier molecular flexibility index (Phi) is 7.91. The monoisotopic (exact) mass is 483 g/mol. The molecule has 0 spiro atoms. The van der Waals surface area contributed by atoms with Crippen molar-refractivity contribution in [2.75, 3.05) is 10.8 Å². The van der Waals surface area contributed by atoms with Gasteiger partial charge in [-0.2, -0.15) is 0 Å². The van der Waals surface area contributed by atoms with Crippen LogP contribution < -0.4 is 10.2 Å². The highest BCUT2D eigenvalue weighted by Crippen LogP contribution is 2.31. The van der Waals surface area contributed by atoms with Crippen molar-refractivity contribution in [3.8, 4) is 11.1 Å². The van der Waals surface area contributed by atoms with Crippen molar-refractivity contribution < 1.29 is 9.59 Å². The van der Waals surface area contributed by atoms with Gasteiger partial charge in [-0.25, -0.2) is 0 Å². The van der Waals surface area contributed by atoms with Crippen LogP contribution in [0.2, 0.25) is 0 Å². The van der Waals surface area contributed by atoms with Crippen molar-refractivity contribution in [2.24, 2.45) is 0 Å². The summed E-state index contributed by atoms with van der Waals surface area (Å²) >= 11 is 6.02. The fourth-order valence-electron chi connectivity index (χ4n) is 4.02. The normalized spacial score (nSPS) is 12.4. The van der Waals surface area contributed by atoms with Gasteiger partial charge in [0, 0.05) is 23.6 Å². The number of halogens is 1. The van der Waals surface area contributed by atoms with Crippen LogP contribution in [0.25, 0.3) is 11.1 Å². The molecule has 1 heterocycles. The molecule has 0 fully saturated rings. The Labute approximate surface area is 210 Å². The fraction of sp³-hybridized carbons (Fsp3) is 0.138.